The first kappa shape index (κ1) is 25.4. The summed E-state index contributed by atoms with van der Waals surface area (Å²) in [4.78, 5) is 0.269. The molecule has 0 radical (unpaired) electrons. The van der Waals surface area contributed by atoms with Crippen LogP contribution in [0, 0.1) is 6.92 Å². The van der Waals surface area contributed by atoms with Crippen LogP contribution in [-0.4, -0.2) is 47.9 Å². The Kier molecular flexibility index (Phi) is 10.1. The zero-order valence-corrected chi connectivity index (χ0v) is 20.6. The minimum Gasteiger partial charge on any atom is -0.371 e. The average Bonchev–Trinajstić information content (AvgIpc) is 2.75. The van der Waals surface area contributed by atoms with Crippen molar-refractivity contribution in [3.63, 3.8) is 0 Å². The summed E-state index contributed by atoms with van der Waals surface area (Å²) in [5.41, 5.74) is 3.70. The number of sulfonamides is 1. The van der Waals surface area contributed by atoms with Crippen molar-refractivity contribution in [2.24, 2.45) is 0 Å². The maximum Gasteiger partial charge on any atom is 0.529 e. The summed E-state index contributed by atoms with van der Waals surface area (Å²) in [7, 11) is -6.70. The number of aryl methyl sites for hydroxylation is 1. The standard InChI is InChI=1S/C23H33NO5SSi/c1-5-27-31(28-6-2,29-7-3)19-11-18-24(20-22-12-9-8-10-13-22)30(25,26)23-16-14-21(4)15-17-23/h8-17,19H,5-7,18,20H2,1-4H3/b19-11+. The van der Waals surface area contributed by atoms with Gasteiger partial charge < -0.3 is 13.3 Å². The van der Waals surface area contributed by atoms with Gasteiger partial charge in [-0.05, 0) is 51.1 Å². The summed E-state index contributed by atoms with van der Waals surface area (Å²) in [6.07, 6.45) is 1.78. The maximum atomic E-state index is 13.4. The fourth-order valence-electron chi connectivity index (χ4n) is 3.08. The first-order valence-electron chi connectivity index (χ1n) is 10.6. The molecule has 0 amide bonds. The van der Waals surface area contributed by atoms with Gasteiger partial charge >= 0.3 is 8.80 Å². The largest absolute Gasteiger partial charge is 0.529 e. The first-order chi connectivity index (χ1) is 14.9. The lowest BCUT2D eigenvalue weighted by Crippen LogP contribution is -2.44. The van der Waals surface area contributed by atoms with Crippen molar-refractivity contribution in [1.82, 2.24) is 4.31 Å². The van der Waals surface area contributed by atoms with Gasteiger partial charge in [0, 0.05) is 32.9 Å². The molecule has 0 aliphatic carbocycles. The summed E-state index contributed by atoms with van der Waals surface area (Å²) in [6, 6.07) is 16.5. The lowest BCUT2D eigenvalue weighted by atomic mass is 10.2. The second-order valence-electron chi connectivity index (χ2n) is 6.90. The van der Waals surface area contributed by atoms with Gasteiger partial charge in [0.05, 0.1) is 4.90 Å². The van der Waals surface area contributed by atoms with Crippen LogP contribution >= 0.6 is 0 Å². The van der Waals surface area contributed by atoms with E-state index >= 15 is 0 Å². The summed E-state index contributed by atoms with van der Waals surface area (Å²) < 4.78 is 45.7. The molecule has 0 spiro atoms. The molecule has 0 atom stereocenters. The van der Waals surface area contributed by atoms with Gasteiger partial charge in [-0.25, -0.2) is 8.42 Å². The highest BCUT2D eigenvalue weighted by Gasteiger charge is 2.37. The summed E-state index contributed by atoms with van der Waals surface area (Å²) in [5, 5.41) is 0. The Morgan fingerprint density at radius 1 is 0.871 bits per heavy atom. The topological polar surface area (TPSA) is 65.1 Å². The van der Waals surface area contributed by atoms with E-state index in [4.69, 9.17) is 13.3 Å². The molecule has 6 nitrogen and oxygen atoms in total. The second-order valence-corrected chi connectivity index (χ2v) is 11.2. The van der Waals surface area contributed by atoms with Crippen LogP contribution < -0.4 is 0 Å². The van der Waals surface area contributed by atoms with E-state index in [-0.39, 0.29) is 18.0 Å². The van der Waals surface area contributed by atoms with Crippen molar-refractivity contribution in [3.05, 3.63) is 77.5 Å². The molecule has 0 saturated carbocycles. The zero-order chi connectivity index (χ0) is 22.7. The molecule has 31 heavy (non-hydrogen) atoms. The van der Waals surface area contributed by atoms with Crippen LogP contribution in [0.1, 0.15) is 31.9 Å². The van der Waals surface area contributed by atoms with Crippen molar-refractivity contribution < 1.29 is 21.7 Å². The lowest BCUT2D eigenvalue weighted by Gasteiger charge is -2.26. The summed E-state index contributed by atoms with van der Waals surface area (Å²) in [5.74, 6) is 0. The number of nitrogens with zero attached hydrogens (tertiary/aromatic N) is 1. The Morgan fingerprint density at radius 2 is 1.42 bits per heavy atom. The van der Waals surface area contributed by atoms with E-state index in [0.717, 1.165) is 11.1 Å². The number of hydrogen-bond donors (Lipinski definition) is 0. The third kappa shape index (κ3) is 7.38. The molecule has 0 heterocycles. The highest BCUT2D eigenvalue weighted by Crippen LogP contribution is 2.20. The Bertz CT molecular complexity index is 900. The minimum atomic E-state index is -3.70. The van der Waals surface area contributed by atoms with E-state index in [1.54, 1.807) is 36.0 Å². The SMILES string of the molecule is CCO[Si](/C=C/CN(Cc1ccccc1)S(=O)(=O)c1ccc(C)cc1)(OCC)OCC. The Labute approximate surface area is 187 Å². The molecule has 0 unspecified atom stereocenters. The minimum absolute atomic E-state index is 0.174. The van der Waals surface area contributed by atoms with Gasteiger partial charge in [-0.3, -0.25) is 0 Å². The van der Waals surface area contributed by atoms with Gasteiger partial charge in [0.15, 0.2) is 0 Å². The molecule has 2 aromatic rings. The van der Waals surface area contributed by atoms with E-state index in [1.165, 1.54) is 4.31 Å². The fourth-order valence-corrected chi connectivity index (χ4v) is 6.60. The predicted octanol–water partition coefficient (Wildman–Crippen LogP) is 4.33. The number of rotatable bonds is 13. The third-order valence-electron chi connectivity index (χ3n) is 4.53. The molecule has 2 rings (SSSR count). The zero-order valence-electron chi connectivity index (χ0n) is 18.8. The highest BCUT2D eigenvalue weighted by atomic mass is 32.2. The molecule has 0 saturated heterocycles. The van der Waals surface area contributed by atoms with E-state index in [2.05, 4.69) is 0 Å². The van der Waals surface area contributed by atoms with E-state index in [1.807, 2.05) is 58.0 Å². The molecule has 0 aliphatic rings. The molecule has 0 N–H and O–H groups in total. The third-order valence-corrected chi connectivity index (χ3v) is 9.07. The Hall–Kier alpha value is -1.81. The van der Waals surface area contributed by atoms with Gasteiger partial charge in [-0.1, -0.05) is 54.1 Å². The lowest BCUT2D eigenvalue weighted by molar-refractivity contribution is 0.0841. The Balaban J connectivity index is 2.33. The number of benzene rings is 2. The van der Waals surface area contributed by atoms with Gasteiger partial charge in [0.1, 0.15) is 0 Å². The molecule has 8 heteroatoms. The van der Waals surface area contributed by atoms with Gasteiger partial charge in [-0.2, -0.15) is 4.31 Å². The molecule has 0 bridgehead atoms. The van der Waals surface area contributed by atoms with Gasteiger partial charge in [0.25, 0.3) is 0 Å². The van der Waals surface area contributed by atoms with Crippen LogP contribution in [0.4, 0.5) is 0 Å². The van der Waals surface area contributed by atoms with Gasteiger partial charge in [0.2, 0.25) is 10.0 Å². The molecule has 0 aromatic heterocycles. The molecular weight excluding hydrogens is 430 g/mol. The van der Waals surface area contributed by atoms with Crippen molar-refractivity contribution in [1.29, 1.82) is 0 Å². The quantitative estimate of drug-likeness (QED) is 0.414. The molecule has 0 aliphatic heterocycles. The monoisotopic (exact) mass is 463 g/mol. The Morgan fingerprint density at radius 3 is 1.94 bits per heavy atom. The second kappa shape index (κ2) is 12.3. The smallest absolute Gasteiger partial charge is 0.371 e. The first-order valence-corrected chi connectivity index (χ1v) is 13.8. The van der Waals surface area contributed by atoms with Crippen molar-refractivity contribution >= 4 is 18.8 Å². The van der Waals surface area contributed by atoms with Crippen molar-refractivity contribution in [2.75, 3.05) is 26.4 Å². The van der Waals surface area contributed by atoms with Crippen LogP contribution in [0.15, 0.2) is 71.3 Å². The summed E-state index contributed by atoms with van der Waals surface area (Å²) in [6.45, 7) is 9.37. The molecule has 0 fully saturated rings. The van der Waals surface area contributed by atoms with Crippen LogP contribution in [0.25, 0.3) is 0 Å². The molecule has 2 aromatic carbocycles. The highest BCUT2D eigenvalue weighted by molar-refractivity contribution is 7.89. The van der Waals surface area contributed by atoms with Crippen molar-refractivity contribution in [3.8, 4) is 0 Å². The van der Waals surface area contributed by atoms with Crippen molar-refractivity contribution in [2.45, 2.75) is 39.1 Å². The molecule has 170 valence electrons. The summed E-state index contributed by atoms with van der Waals surface area (Å²) >= 11 is 0. The van der Waals surface area contributed by atoms with Crippen LogP contribution in [0.2, 0.25) is 0 Å². The maximum absolute atomic E-state index is 13.4. The molecular formula is C23H33NO5SSi. The van der Waals surface area contributed by atoms with E-state index in [9.17, 15) is 8.42 Å². The van der Waals surface area contributed by atoms with Crippen LogP contribution in [0.3, 0.4) is 0 Å². The van der Waals surface area contributed by atoms with Gasteiger partial charge in [-0.15, -0.1) is 0 Å². The fraction of sp³-hybridized carbons (Fsp3) is 0.391. The normalized spacial score (nSPS) is 12.7. The van der Waals surface area contributed by atoms with Crippen LogP contribution in [-0.2, 0) is 29.8 Å². The van der Waals surface area contributed by atoms with E-state index in [0.29, 0.717) is 19.8 Å². The van der Waals surface area contributed by atoms with E-state index < -0.39 is 18.8 Å². The van der Waals surface area contributed by atoms with Crippen LogP contribution in [0.5, 0.6) is 0 Å². The predicted molar refractivity (Wildman–Crippen MR) is 125 cm³/mol. The number of hydrogen-bond acceptors (Lipinski definition) is 5. The average molecular weight is 464 g/mol.